The van der Waals surface area contributed by atoms with Crippen LogP contribution in [0.2, 0.25) is 5.02 Å². The van der Waals surface area contributed by atoms with Crippen molar-refractivity contribution in [1.82, 2.24) is 0 Å². The topological polar surface area (TPSA) is 46.3 Å². The molecule has 0 spiro atoms. The molecule has 0 aliphatic carbocycles. The maximum absolute atomic E-state index is 12.4. The average Bonchev–Trinajstić information content (AvgIpc) is 2.42. The van der Waals surface area contributed by atoms with Crippen LogP contribution < -0.4 is 10.6 Å². The highest BCUT2D eigenvalue weighted by atomic mass is 35.5. The lowest BCUT2D eigenvalue weighted by atomic mass is 10.1. The zero-order chi connectivity index (χ0) is 14.5. The van der Waals surface area contributed by atoms with Gasteiger partial charge in [0.05, 0.1) is 6.42 Å². The number of carbonyl (C=O) groups is 1. The largest absolute Gasteiger partial charge is 0.399 e. The van der Waals surface area contributed by atoms with E-state index in [1.807, 2.05) is 37.3 Å². The molecule has 2 aromatic carbocycles. The number of nitrogen functional groups attached to an aromatic ring is 1. The summed E-state index contributed by atoms with van der Waals surface area (Å²) in [7, 11) is 0. The molecule has 0 bridgehead atoms. The number of anilines is 2. The first-order chi connectivity index (χ1) is 9.60. The van der Waals surface area contributed by atoms with Gasteiger partial charge in [0.2, 0.25) is 5.91 Å². The standard InChI is InChI=1S/C16H17ClN2O/c1-2-19(15-8-6-14(18)7-9-15)16(20)11-12-4-3-5-13(17)10-12/h3-10H,2,11,18H2,1H3. The number of nitrogens with zero attached hydrogens (tertiary/aromatic N) is 1. The molecule has 0 unspecified atom stereocenters. The molecule has 2 aromatic rings. The lowest BCUT2D eigenvalue weighted by Gasteiger charge is -2.21. The van der Waals surface area contributed by atoms with Crippen LogP contribution in [0.1, 0.15) is 12.5 Å². The monoisotopic (exact) mass is 288 g/mol. The van der Waals surface area contributed by atoms with Gasteiger partial charge in [-0.05, 0) is 48.9 Å². The molecule has 0 saturated heterocycles. The van der Waals surface area contributed by atoms with E-state index in [1.165, 1.54) is 0 Å². The van der Waals surface area contributed by atoms with Crippen molar-refractivity contribution in [3.8, 4) is 0 Å². The molecule has 104 valence electrons. The molecule has 0 aliphatic rings. The molecular weight excluding hydrogens is 272 g/mol. The van der Waals surface area contributed by atoms with Crippen molar-refractivity contribution in [3.05, 3.63) is 59.1 Å². The number of carbonyl (C=O) groups excluding carboxylic acids is 1. The molecule has 3 nitrogen and oxygen atoms in total. The second-order valence-electron chi connectivity index (χ2n) is 4.54. The van der Waals surface area contributed by atoms with Crippen molar-refractivity contribution in [3.63, 3.8) is 0 Å². The van der Waals surface area contributed by atoms with Crippen LogP contribution in [-0.4, -0.2) is 12.5 Å². The molecule has 4 heteroatoms. The molecular formula is C16H17ClN2O. The second-order valence-corrected chi connectivity index (χ2v) is 4.97. The van der Waals surface area contributed by atoms with E-state index in [-0.39, 0.29) is 5.91 Å². The summed E-state index contributed by atoms with van der Waals surface area (Å²) in [6.07, 6.45) is 0.332. The number of hydrogen-bond donors (Lipinski definition) is 1. The van der Waals surface area contributed by atoms with Crippen LogP contribution in [0.3, 0.4) is 0 Å². The highest BCUT2D eigenvalue weighted by molar-refractivity contribution is 6.30. The minimum atomic E-state index is 0.0412. The van der Waals surface area contributed by atoms with E-state index in [2.05, 4.69) is 0 Å². The van der Waals surface area contributed by atoms with Gasteiger partial charge in [-0.1, -0.05) is 23.7 Å². The second kappa shape index (κ2) is 6.44. The minimum absolute atomic E-state index is 0.0412. The maximum Gasteiger partial charge on any atom is 0.231 e. The third-order valence-electron chi connectivity index (χ3n) is 3.07. The molecule has 0 atom stereocenters. The normalized spacial score (nSPS) is 10.3. The summed E-state index contributed by atoms with van der Waals surface area (Å²) in [6, 6.07) is 14.7. The van der Waals surface area contributed by atoms with Crippen LogP contribution in [0.5, 0.6) is 0 Å². The van der Waals surface area contributed by atoms with E-state index in [0.717, 1.165) is 11.3 Å². The van der Waals surface area contributed by atoms with Crippen molar-refractivity contribution >= 4 is 28.9 Å². The molecule has 0 fully saturated rings. The quantitative estimate of drug-likeness (QED) is 0.875. The number of rotatable bonds is 4. The van der Waals surface area contributed by atoms with Gasteiger partial charge in [-0.25, -0.2) is 0 Å². The van der Waals surface area contributed by atoms with Gasteiger partial charge in [0.1, 0.15) is 0 Å². The number of benzene rings is 2. The SMILES string of the molecule is CCN(C(=O)Cc1cccc(Cl)c1)c1ccc(N)cc1. The smallest absolute Gasteiger partial charge is 0.231 e. The van der Waals surface area contributed by atoms with Gasteiger partial charge in [0, 0.05) is 22.9 Å². The van der Waals surface area contributed by atoms with Crippen LogP contribution in [0.4, 0.5) is 11.4 Å². The van der Waals surface area contributed by atoms with Crippen LogP contribution >= 0.6 is 11.6 Å². The molecule has 1 amide bonds. The van der Waals surface area contributed by atoms with Gasteiger partial charge in [-0.2, -0.15) is 0 Å². The van der Waals surface area contributed by atoms with Crippen LogP contribution in [0.25, 0.3) is 0 Å². The molecule has 0 aliphatic heterocycles. The van der Waals surface area contributed by atoms with E-state index in [0.29, 0.717) is 23.7 Å². The van der Waals surface area contributed by atoms with Crippen molar-refractivity contribution in [1.29, 1.82) is 0 Å². The molecule has 0 heterocycles. The van der Waals surface area contributed by atoms with Crippen LogP contribution in [0, 0.1) is 0 Å². The molecule has 2 rings (SSSR count). The zero-order valence-corrected chi connectivity index (χ0v) is 12.1. The lowest BCUT2D eigenvalue weighted by Crippen LogP contribution is -2.31. The first-order valence-electron chi connectivity index (χ1n) is 6.50. The number of halogens is 1. The molecule has 20 heavy (non-hydrogen) atoms. The Morgan fingerprint density at radius 2 is 1.90 bits per heavy atom. The average molecular weight is 289 g/mol. The van der Waals surface area contributed by atoms with Crippen LogP contribution in [0.15, 0.2) is 48.5 Å². The van der Waals surface area contributed by atoms with E-state index in [4.69, 9.17) is 17.3 Å². The predicted molar refractivity (Wildman–Crippen MR) is 84.0 cm³/mol. The van der Waals surface area contributed by atoms with Gasteiger partial charge in [-0.3, -0.25) is 4.79 Å². The fourth-order valence-electron chi connectivity index (χ4n) is 2.07. The summed E-state index contributed by atoms with van der Waals surface area (Å²) < 4.78 is 0. The van der Waals surface area contributed by atoms with Gasteiger partial charge in [-0.15, -0.1) is 0 Å². The minimum Gasteiger partial charge on any atom is -0.399 e. The predicted octanol–water partition coefficient (Wildman–Crippen LogP) is 3.52. The van der Waals surface area contributed by atoms with E-state index >= 15 is 0 Å². The van der Waals surface area contributed by atoms with E-state index in [9.17, 15) is 4.79 Å². The van der Waals surface area contributed by atoms with E-state index in [1.54, 1.807) is 23.1 Å². The van der Waals surface area contributed by atoms with Crippen molar-refractivity contribution < 1.29 is 4.79 Å². The Bertz CT molecular complexity index is 596. The summed E-state index contributed by atoms with van der Waals surface area (Å²) in [5.41, 5.74) is 8.12. The fraction of sp³-hybridized carbons (Fsp3) is 0.188. The van der Waals surface area contributed by atoms with E-state index < -0.39 is 0 Å². The number of nitrogens with two attached hydrogens (primary N) is 1. The Morgan fingerprint density at radius 1 is 1.20 bits per heavy atom. The Hall–Kier alpha value is -2.00. The van der Waals surface area contributed by atoms with Crippen molar-refractivity contribution in [2.45, 2.75) is 13.3 Å². The highest BCUT2D eigenvalue weighted by Gasteiger charge is 2.14. The lowest BCUT2D eigenvalue weighted by molar-refractivity contribution is -0.117. The van der Waals surface area contributed by atoms with Gasteiger partial charge in [0.25, 0.3) is 0 Å². The Labute approximate surface area is 124 Å². The summed E-state index contributed by atoms with van der Waals surface area (Å²) >= 11 is 5.94. The fourth-order valence-corrected chi connectivity index (χ4v) is 2.29. The highest BCUT2D eigenvalue weighted by Crippen LogP contribution is 2.18. The van der Waals surface area contributed by atoms with Gasteiger partial charge >= 0.3 is 0 Å². The molecule has 0 radical (unpaired) electrons. The van der Waals surface area contributed by atoms with Crippen molar-refractivity contribution in [2.75, 3.05) is 17.2 Å². The van der Waals surface area contributed by atoms with Crippen molar-refractivity contribution in [2.24, 2.45) is 0 Å². The van der Waals surface area contributed by atoms with Crippen LogP contribution in [-0.2, 0) is 11.2 Å². The number of hydrogen-bond acceptors (Lipinski definition) is 2. The summed E-state index contributed by atoms with van der Waals surface area (Å²) in [5, 5.41) is 0.644. The van der Waals surface area contributed by atoms with Gasteiger partial charge < -0.3 is 10.6 Å². The zero-order valence-electron chi connectivity index (χ0n) is 11.3. The Kier molecular flexibility index (Phi) is 4.64. The maximum atomic E-state index is 12.4. The number of amides is 1. The molecule has 0 saturated carbocycles. The van der Waals surface area contributed by atoms with Gasteiger partial charge in [0.15, 0.2) is 0 Å². The number of likely N-dealkylation sites (N-methyl/N-ethyl adjacent to an activating group) is 1. The summed E-state index contributed by atoms with van der Waals surface area (Å²) in [5.74, 6) is 0.0412. The summed E-state index contributed by atoms with van der Waals surface area (Å²) in [4.78, 5) is 14.1. The third kappa shape index (κ3) is 3.52. The third-order valence-corrected chi connectivity index (χ3v) is 3.30. The Balaban J connectivity index is 2.15. The summed E-state index contributed by atoms with van der Waals surface area (Å²) in [6.45, 7) is 2.57. The molecule has 2 N–H and O–H groups in total. The first-order valence-corrected chi connectivity index (χ1v) is 6.88. The molecule has 0 aromatic heterocycles. The first kappa shape index (κ1) is 14.4. The Morgan fingerprint density at radius 3 is 2.50 bits per heavy atom.